The zero-order valence-electron chi connectivity index (χ0n) is 15.7. The Hall–Kier alpha value is -0.520. The molecule has 0 aromatic carbocycles. The van der Waals surface area contributed by atoms with Crippen molar-refractivity contribution in [3.05, 3.63) is 25.3 Å². The average Bonchev–Trinajstić information content (AvgIpc) is 3.35. The molecule has 128 valence electrons. The van der Waals surface area contributed by atoms with Gasteiger partial charge in [-0.15, -0.1) is 13.2 Å². The Morgan fingerprint density at radius 1 is 0.727 bits per heavy atom. The van der Waals surface area contributed by atoms with Crippen LogP contribution in [-0.2, 0) is 0 Å². The van der Waals surface area contributed by atoms with Crippen molar-refractivity contribution in [1.29, 1.82) is 0 Å². The number of hydrogen-bond acceptors (Lipinski definition) is 0. The van der Waals surface area contributed by atoms with Crippen molar-refractivity contribution in [1.82, 2.24) is 0 Å². The molecular formula is C22H40. The summed E-state index contributed by atoms with van der Waals surface area (Å²) < 4.78 is 0. The second-order valence-corrected chi connectivity index (χ2v) is 7.77. The third kappa shape index (κ3) is 5.28. The molecular weight excluding hydrogens is 264 g/mol. The highest BCUT2D eigenvalue weighted by atomic mass is 14.5. The van der Waals surface area contributed by atoms with Gasteiger partial charge in [0.1, 0.15) is 0 Å². The molecule has 4 bridgehead atoms. The molecule has 0 spiro atoms. The van der Waals surface area contributed by atoms with Gasteiger partial charge in [0.2, 0.25) is 0 Å². The first kappa shape index (κ1) is 19.5. The molecule has 3 fully saturated rings. The Morgan fingerprint density at radius 2 is 1.14 bits per heavy atom. The Labute approximate surface area is 140 Å². The van der Waals surface area contributed by atoms with E-state index in [2.05, 4.69) is 53.0 Å². The highest BCUT2D eigenvalue weighted by Gasteiger charge is 2.42. The van der Waals surface area contributed by atoms with Crippen molar-refractivity contribution in [3.63, 3.8) is 0 Å². The monoisotopic (exact) mass is 304 g/mol. The summed E-state index contributed by atoms with van der Waals surface area (Å²) in [5.41, 5.74) is 0. The van der Waals surface area contributed by atoms with E-state index >= 15 is 0 Å². The van der Waals surface area contributed by atoms with Crippen molar-refractivity contribution in [2.45, 2.75) is 79.1 Å². The fourth-order valence-corrected chi connectivity index (χ4v) is 4.58. The van der Waals surface area contributed by atoms with Crippen LogP contribution in [0.2, 0.25) is 0 Å². The molecule has 4 aliphatic carbocycles. The van der Waals surface area contributed by atoms with Gasteiger partial charge in [0, 0.05) is 0 Å². The number of rotatable bonds is 1. The second kappa shape index (κ2) is 10.3. The normalized spacial score (nSPS) is 39.3. The molecule has 4 aliphatic rings. The topological polar surface area (TPSA) is 0 Å². The second-order valence-electron chi connectivity index (χ2n) is 7.77. The molecule has 0 N–H and O–H groups in total. The molecule has 0 aliphatic heterocycles. The van der Waals surface area contributed by atoms with Gasteiger partial charge in [-0.25, -0.2) is 0 Å². The van der Waals surface area contributed by atoms with Crippen LogP contribution < -0.4 is 0 Å². The quantitative estimate of drug-likeness (QED) is 0.447. The van der Waals surface area contributed by atoms with Gasteiger partial charge in [-0.2, -0.15) is 0 Å². The van der Waals surface area contributed by atoms with Gasteiger partial charge in [-0.05, 0) is 74.0 Å². The van der Waals surface area contributed by atoms with E-state index in [4.69, 9.17) is 0 Å². The van der Waals surface area contributed by atoms with E-state index in [-0.39, 0.29) is 0 Å². The molecule has 0 aromatic heterocycles. The predicted molar refractivity (Wildman–Crippen MR) is 101 cm³/mol. The van der Waals surface area contributed by atoms with Crippen LogP contribution in [0.1, 0.15) is 79.1 Å². The summed E-state index contributed by atoms with van der Waals surface area (Å²) in [6, 6.07) is 0. The number of hydrogen-bond donors (Lipinski definition) is 0. The van der Waals surface area contributed by atoms with E-state index in [0.29, 0.717) is 0 Å². The van der Waals surface area contributed by atoms with Crippen molar-refractivity contribution in [3.8, 4) is 0 Å². The first-order valence-corrected chi connectivity index (χ1v) is 9.83. The van der Waals surface area contributed by atoms with Crippen LogP contribution in [-0.4, -0.2) is 0 Å². The Balaban J connectivity index is 0.000000167. The van der Waals surface area contributed by atoms with Crippen molar-refractivity contribution >= 4 is 0 Å². The van der Waals surface area contributed by atoms with Gasteiger partial charge < -0.3 is 0 Å². The van der Waals surface area contributed by atoms with Gasteiger partial charge in [-0.3, -0.25) is 0 Å². The largest absolute Gasteiger partial charge is 0.106 e. The van der Waals surface area contributed by atoms with Crippen LogP contribution >= 0.6 is 0 Å². The molecule has 4 rings (SSSR count). The zero-order chi connectivity index (χ0) is 16.5. The van der Waals surface area contributed by atoms with Crippen LogP contribution in [0, 0.1) is 35.5 Å². The van der Waals surface area contributed by atoms with Crippen LogP contribution in [0.5, 0.6) is 0 Å². The molecule has 0 heterocycles. The van der Waals surface area contributed by atoms with E-state index in [1.54, 1.807) is 6.42 Å². The third-order valence-corrected chi connectivity index (χ3v) is 6.50. The highest BCUT2D eigenvalue weighted by molar-refractivity contribution is 5.06. The molecule has 0 saturated heterocycles. The molecule has 0 aromatic rings. The van der Waals surface area contributed by atoms with Crippen molar-refractivity contribution < 1.29 is 0 Å². The molecule has 0 radical (unpaired) electrons. The first-order valence-electron chi connectivity index (χ1n) is 9.83. The van der Waals surface area contributed by atoms with E-state index in [1.807, 2.05) is 0 Å². The van der Waals surface area contributed by atoms with Gasteiger partial charge in [0.15, 0.2) is 0 Å². The van der Waals surface area contributed by atoms with E-state index < -0.39 is 0 Å². The first-order chi connectivity index (χ1) is 10.7. The molecule has 2 unspecified atom stereocenters. The highest BCUT2D eigenvalue weighted by Crippen LogP contribution is 2.51. The summed E-state index contributed by atoms with van der Waals surface area (Å²) in [7, 11) is 0. The fourth-order valence-electron chi connectivity index (χ4n) is 4.58. The molecule has 0 heteroatoms. The lowest BCUT2D eigenvalue weighted by molar-refractivity contribution is 0.259. The summed E-state index contributed by atoms with van der Waals surface area (Å²) >= 11 is 0. The lowest BCUT2D eigenvalue weighted by Gasteiger charge is -2.24. The summed E-state index contributed by atoms with van der Waals surface area (Å²) in [5, 5.41) is 0. The number of fused-ring (bicyclic) bond motifs is 4. The fraction of sp³-hybridized carbons (Fsp3) is 0.818. The van der Waals surface area contributed by atoms with Gasteiger partial charge >= 0.3 is 0 Å². The van der Waals surface area contributed by atoms with Crippen molar-refractivity contribution in [2.24, 2.45) is 35.5 Å². The number of unbranched alkanes of at least 4 members (excludes halogenated alkanes) is 1. The summed E-state index contributed by atoms with van der Waals surface area (Å²) in [4.78, 5) is 0. The van der Waals surface area contributed by atoms with Crippen LogP contribution in [0.25, 0.3) is 0 Å². The zero-order valence-corrected chi connectivity index (χ0v) is 15.7. The summed E-state index contributed by atoms with van der Waals surface area (Å²) in [6.45, 7) is 15.2. The summed E-state index contributed by atoms with van der Waals surface area (Å²) in [5.74, 6) is 6.30. The molecule has 3 saturated carbocycles. The molecule has 0 amide bonds. The minimum Gasteiger partial charge on any atom is -0.106 e. The minimum atomic E-state index is 0.991. The van der Waals surface area contributed by atoms with Crippen LogP contribution in [0.4, 0.5) is 0 Å². The Bertz CT molecular complexity index is 284. The predicted octanol–water partition coefficient (Wildman–Crippen LogP) is 7.27. The van der Waals surface area contributed by atoms with Crippen LogP contribution in [0.15, 0.2) is 25.3 Å². The molecule has 0 nitrogen and oxygen atoms in total. The lowest BCUT2D eigenvalue weighted by atomic mass is 9.82. The van der Waals surface area contributed by atoms with E-state index in [1.165, 1.54) is 44.9 Å². The Kier molecular flexibility index (Phi) is 9.13. The lowest BCUT2D eigenvalue weighted by Crippen LogP contribution is -2.15. The minimum absolute atomic E-state index is 0.991. The summed E-state index contributed by atoms with van der Waals surface area (Å²) in [6.07, 6.45) is 16.5. The van der Waals surface area contributed by atoms with Gasteiger partial charge in [-0.1, -0.05) is 52.7 Å². The molecule has 22 heavy (non-hydrogen) atoms. The van der Waals surface area contributed by atoms with Gasteiger partial charge in [0.05, 0.1) is 0 Å². The number of allylic oxidation sites excluding steroid dienone is 2. The molecule has 6 atom stereocenters. The van der Waals surface area contributed by atoms with E-state index in [0.717, 1.165) is 35.5 Å². The maximum atomic E-state index is 3.00. The third-order valence-electron chi connectivity index (χ3n) is 6.50. The van der Waals surface area contributed by atoms with Crippen molar-refractivity contribution in [2.75, 3.05) is 0 Å². The Morgan fingerprint density at radius 3 is 1.27 bits per heavy atom. The van der Waals surface area contributed by atoms with Crippen LogP contribution in [0.3, 0.4) is 0 Å². The van der Waals surface area contributed by atoms with E-state index in [9.17, 15) is 0 Å². The maximum Gasteiger partial charge on any atom is -0.0228 e. The average molecular weight is 305 g/mol. The maximum absolute atomic E-state index is 3.00. The standard InChI is InChI=1S/C9H16.C7H10.C4H10.C2H4/c1-6-7(2)9-4-3-8(6)5-9;1-2-7-4-3-6(1)5-7;1-3-4-2;1-2/h6-9H,3-5H2,1-2H3;1-2,6-7H,3-5H2;3-4H2,1-2H3;1-2H2/t6?,7?,8-,9+;6-,7+;;. The SMILES string of the molecule is C1=C[C@H]2CC[C@@H]1C2.C=C.CC1C(C)[C@H]2CC[C@@H]1C2.CCCC. The smallest absolute Gasteiger partial charge is 0.0228 e. The van der Waals surface area contributed by atoms with Gasteiger partial charge in [0.25, 0.3) is 0 Å².